The SMILES string of the molecule is Cc1ccc(-c2cc(C(=O)Nc3cccnc3-n3cncn3)c3c(C)noc3n2)s1. The van der Waals surface area contributed by atoms with Gasteiger partial charge in [-0.3, -0.25) is 4.79 Å². The summed E-state index contributed by atoms with van der Waals surface area (Å²) in [6.07, 6.45) is 4.55. The molecule has 0 aromatic carbocycles. The molecule has 30 heavy (non-hydrogen) atoms. The highest BCUT2D eigenvalue weighted by molar-refractivity contribution is 7.15. The van der Waals surface area contributed by atoms with Crippen LogP contribution >= 0.6 is 11.3 Å². The van der Waals surface area contributed by atoms with Crippen molar-refractivity contribution in [2.45, 2.75) is 13.8 Å². The Bertz CT molecular complexity index is 1370. The summed E-state index contributed by atoms with van der Waals surface area (Å²) in [6, 6.07) is 9.24. The van der Waals surface area contributed by atoms with Gasteiger partial charge in [0.2, 0.25) is 0 Å². The minimum absolute atomic E-state index is 0.322. The highest BCUT2D eigenvalue weighted by Crippen LogP contribution is 2.31. The number of fused-ring (bicyclic) bond motifs is 1. The Hall–Kier alpha value is -3.92. The summed E-state index contributed by atoms with van der Waals surface area (Å²) in [4.78, 5) is 28.2. The molecule has 0 saturated heterocycles. The number of hydrogen-bond acceptors (Lipinski definition) is 8. The summed E-state index contributed by atoms with van der Waals surface area (Å²) in [7, 11) is 0. The van der Waals surface area contributed by atoms with Gasteiger partial charge in [0.05, 0.1) is 32.9 Å². The van der Waals surface area contributed by atoms with E-state index in [1.54, 1.807) is 42.7 Å². The quantitative estimate of drug-likeness (QED) is 0.473. The molecule has 9 nitrogen and oxygen atoms in total. The topological polar surface area (TPSA) is 112 Å². The number of hydrogen-bond donors (Lipinski definition) is 1. The molecule has 5 rings (SSSR count). The highest BCUT2D eigenvalue weighted by Gasteiger charge is 2.21. The number of aromatic nitrogens is 6. The number of amides is 1. The molecule has 0 aliphatic carbocycles. The lowest BCUT2D eigenvalue weighted by molar-refractivity contribution is 0.102. The van der Waals surface area contributed by atoms with Gasteiger partial charge in [0.15, 0.2) is 5.82 Å². The van der Waals surface area contributed by atoms with Crippen LogP contribution in [0, 0.1) is 13.8 Å². The second kappa shape index (κ2) is 7.16. The van der Waals surface area contributed by atoms with E-state index in [2.05, 4.69) is 30.5 Å². The van der Waals surface area contributed by atoms with Crippen LogP contribution in [0.15, 0.2) is 53.7 Å². The van der Waals surface area contributed by atoms with E-state index >= 15 is 0 Å². The van der Waals surface area contributed by atoms with Gasteiger partial charge < -0.3 is 9.84 Å². The number of carbonyl (C=O) groups excluding carboxylic acids is 1. The van der Waals surface area contributed by atoms with E-state index in [0.29, 0.717) is 39.6 Å². The van der Waals surface area contributed by atoms with Crippen LogP contribution in [0.25, 0.3) is 27.5 Å². The Balaban J connectivity index is 1.60. The Morgan fingerprint density at radius 1 is 1.23 bits per heavy atom. The molecule has 0 saturated carbocycles. The summed E-state index contributed by atoms with van der Waals surface area (Å²) < 4.78 is 6.86. The number of nitrogens with one attached hydrogen (secondary N) is 1. The van der Waals surface area contributed by atoms with Crippen molar-refractivity contribution in [3.63, 3.8) is 0 Å². The molecular weight excluding hydrogens is 402 g/mol. The van der Waals surface area contributed by atoms with E-state index < -0.39 is 0 Å². The summed E-state index contributed by atoms with van der Waals surface area (Å²) in [5, 5.41) is 11.6. The van der Waals surface area contributed by atoms with Crippen molar-refractivity contribution in [2.75, 3.05) is 5.32 Å². The number of pyridine rings is 2. The molecule has 5 heterocycles. The van der Waals surface area contributed by atoms with Gasteiger partial charge in [-0.1, -0.05) is 5.16 Å². The molecule has 1 N–H and O–H groups in total. The van der Waals surface area contributed by atoms with Crippen LogP contribution in [0.1, 0.15) is 20.9 Å². The zero-order valence-electron chi connectivity index (χ0n) is 16.0. The van der Waals surface area contributed by atoms with Crippen LogP contribution in [-0.2, 0) is 0 Å². The van der Waals surface area contributed by atoms with Crippen LogP contribution in [0.2, 0.25) is 0 Å². The Labute approximate surface area is 174 Å². The zero-order chi connectivity index (χ0) is 20.7. The third kappa shape index (κ3) is 3.12. The Morgan fingerprint density at radius 3 is 2.90 bits per heavy atom. The van der Waals surface area contributed by atoms with Crippen LogP contribution in [0.4, 0.5) is 5.69 Å². The van der Waals surface area contributed by atoms with E-state index in [0.717, 1.165) is 9.75 Å². The van der Waals surface area contributed by atoms with Crippen molar-refractivity contribution in [3.05, 3.63) is 65.3 Å². The first-order valence-electron chi connectivity index (χ1n) is 9.05. The molecule has 10 heteroatoms. The molecule has 0 fully saturated rings. The molecule has 1 amide bonds. The van der Waals surface area contributed by atoms with Crippen molar-refractivity contribution < 1.29 is 9.32 Å². The van der Waals surface area contributed by atoms with Crippen LogP contribution in [0.3, 0.4) is 0 Å². The Kier molecular flexibility index (Phi) is 4.32. The van der Waals surface area contributed by atoms with Crippen LogP contribution in [0.5, 0.6) is 0 Å². The largest absolute Gasteiger partial charge is 0.335 e. The van der Waals surface area contributed by atoms with Crippen molar-refractivity contribution in [3.8, 4) is 16.4 Å². The fraction of sp³-hybridized carbons (Fsp3) is 0.100. The maximum atomic E-state index is 13.3. The molecule has 0 atom stereocenters. The summed E-state index contributed by atoms with van der Waals surface area (Å²) in [5.74, 6) is 0.141. The van der Waals surface area contributed by atoms with E-state index in [1.165, 1.54) is 17.3 Å². The number of anilines is 1. The van der Waals surface area contributed by atoms with E-state index in [1.807, 2.05) is 19.1 Å². The highest BCUT2D eigenvalue weighted by atomic mass is 32.1. The maximum absolute atomic E-state index is 13.3. The first-order chi connectivity index (χ1) is 14.6. The second-order valence-electron chi connectivity index (χ2n) is 6.58. The third-order valence-corrected chi connectivity index (χ3v) is 5.55. The van der Waals surface area contributed by atoms with Gasteiger partial charge in [-0.25, -0.2) is 19.6 Å². The van der Waals surface area contributed by atoms with Crippen LogP contribution < -0.4 is 5.32 Å². The molecule has 0 radical (unpaired) electrons. The standard InChI is InChI=1S/C20H15N7O2S/c1-11-5-6-16(30-11)15-8-13(17-12(2)26-29-20(17)25-15)19(28)24-14-4-3-7-22-18(14)27-10-21-9-23-27/h3-10H,1-2H3,(H,24,28). The second-order valence-corrected chi connectivity index (χ2v) is 7.87. The minimum atomic E-state index is -0.322. The average Bonchev–Trinajstić information content (AvgIpc) is 3.50. The van der Waals surface area contributed by atoms with Gasteiger partial charge in [-0.2, -0.15) is 5.10 Å². The van der Waals surface area contributed by atoms with Gasteiger partial charge in [0.1, 0.15) is 12.7 Å². The lowest BCUT2D eigenvalue weighted by Gasteiger charge is -2.10. The molecule has 0 spiro atoms. The molecule has 5 aromatic rings. The van der Waals surface area contributed by atoms with Gasteiger partial charge in [-0.15, -0.1) is 11.3 Å². The van der Waals surface area contributed by atoms with Crippen LogP contribution in [-0.4, -0.2) is 35.8 Å². The fourth-order valence-electron chi connectivity index (χ4n) is 3.16. The van der Waals surface area contributed by atoms with Crippen molar-refractivity contribution >= 4 is 34.0 Å². The van der Waals surface area contributed by atoms with Gasteiger partial charge in [-0.05, 0) is 44.2 Å². The molecule has 0 bridgehead atoms. The third-order valence-electron chi connectivity index (χ3n) is 4.53. The van der Waals surface area contributed by atoms with Crippen molar-refractivity contribution in [1.29, 1.82) is 0 Å². The molecular formula is C20H15N7O2S. The lowest BCUT2D eigenvalue weighted by atomic mass is 10.1. The monoisotopic (exact) mass is 417 g/mol. The number of nitrogens with zero attached hydrogens (tertiary/aromatic N) is 6. The van der Waals surface area contributed by atoms with E-state index in [-0.39, 0.29) is 5.91 Å². The van der Waals surface area contributed by atoms with E-state index in [9.17, 15) is 4.79 Å². The average molecular weight is 417 g/mol. The number of rotatable bonds is 4. The first kappa shape index (κ1) is 18.1. The lowest BCUT2D eigenvalue weighted by Crippen LogP contribution is -2.15. The van der Waals surface area contributed by atoms with E-state index in [4.69, 9.17) is 4.52 Å². The van der Waals surface area contributed by atoms with Crippen molar-refractivity contribution in [2.24, 2.45) is 0 Å². The Morgan fingerprint density at radius 2 is 2.13 bits per heavy atom. The zero-order valence-corrected chi connectivity index (χ0v) is 16.8. The van der Waals surface area contributed by atoms with Gasteiger partial charge in [0, 0.05) is 11.1 Å². The molecule has 5 aromatic heterocycles. The fourth-order valence-corrected chi connectivity index (χ4v) is 3.98. The normalized spacial score (nSPS) is 11.1. The molecule has 0 unspecified atom stereocenters. The number of carbonyl (C=O) groups is 1. The van der Waals surface area contributed by atoms with Gasteiger partial charge in [0.25, 0.3) is 11.6 Å². The van der Waals surface area contributed by atoms with Gasteiger partial charge >= 0.3 is 0 Å². The summed E-state index contributed by atoms with van der Waals surface area (Å²) in [5.41, 5.74) is 2.50. The number of aryl methyl sites for hydroxylation is 2. The number of thiophene rings is 1. The minimum Gasteiger partial charge on any atom is -0.335 e. The van der Waals surface area contributed by atoms with Crippen molar-refractivity contribution in [1.82, 2.24) is 29.9 Å². The predicted molar refractivity (Wildman–Crippen MR) is 112 cm³/mol. The molecule has 148 valence electrons. The maximum Gasteiger partial charge on any atom is 0.259 e. The molecule has 0 aliphatic rings. The smallest absolute Gasteiger partial charge is 0.259 e. The first-order valence-corrected chi connectivity index (χ1v) is 9.87. The predicted octanol–water partition coefficient (Wildman–Crippen LogP) is 3.80. The molecule has 0 aliphatic heterocycles. The summed E-state index contributed by atoms with van der Waals surface area (Å²) >= 11 is 1.60. The summed E-state index contributed by atoms with van der Waals surface area (Å²) in [6.45, 7) is 3.80.